The lowest BCUT2D eigenvalue weighted by atomic mass is 9.71. The van der Waals surface area contributed by atoms with E-state index in [2.05, 4.69) is 20.8 Å². The van der Waals surface area contributed by atoms with E-state index in [0.29, 0.717) is 18.1 Å². The first-order valence-corrected chi connectivity index (χ1v) is 6.19. The highest BCUT2D eigenvalue weighted by atomic mass is 16.5. The van der Waals surface area contributed by atoms with Crippen LogP contribution in [-0.4, -0.2) is 23.9 Å². The minimum atomic E-state index is -0.333. The maximum Gasteiger partial charge on any atom is 0.0745 e. The van der Waals surface area contributed by atoms with Crippen molar-refractivity contribution in [3.8, 4) is 0 Å². The molecule has 1 rings (SSSR count). The van der Waals surface area contributed by atoms with Gasteiger partial charge in [-0.05, 0) is 37.5 Å². The van der Waals surface area contributed by atoms with Gasteiger partial charge in [0.1, 0.15) is 0 Å². The smallest absolute Gasteiger partial charge is 0.0745 e. The van der Waals surface area contributed by atoms with Crippen LogP contribution in [0.3, 0.4) is 0 Å². The quantitative estimate of drug-likeness (QED) is 0.782. The minimum Gasteiger partial charge on any atom is -0.391 e. The van der Waals surface area contributed by atoms with Crippen molar-refractivity contribution in [2.45, 2.75) is 65.6 Å². The van der Waals surface area contributed by atoms with Crippen LogP contribution in [0.1, 0.15) is 53.4 Å². The van der Waals surface area contributed by atoms with Crippen LogP contribution in [0.25, 0.3) is 0 Å². The molecule has 2 heteroatoms. The minimum absolute atomic E-state index is 0.333. The van der Waals surface area contributed by atoms with Gasteiger partial charge in [-0.3, -0.25) is 0 Å². The van der Waals surface area contributed by atoms with Crippen molar-refractivity contribution in [3.63, 3.8) is 0 Å². The van der Waals surface area contributed by atoms with Crippen LogP contribution in [0.15, 0.2) is 0 Å². The van der Waals surface area contributed by atoms with Crippen molar-refractivity contribution in [2.75, 3.05) is 6.61 Å². The van der Waals surface area contributed by atoms with Crippen LogP contribution in [0, 0.1) is 11.3 Å². The summed E-state index contributed by atoms with van der Waals surface area (Å²) in [4.78, 5) is 0. The number of hydrogen-bond donors (Lipinski definition) is 1. The van der Waals surface area contributed by atoms with E-state index in [1.54, 1.807) is 6.92 Å². The van der Waals surface area contributed by atoms with Crippen molar-refractivity contribution in [3.05, 3.63) is 0 Å². The van der Waals surface area contributed by atoms with Crippen LogP contribution in [-0.2, 0) is 4.74 Å². The van der Waals surface area contributed by atoms with Crippen molar-refractivity contribution in [1.29, 1.82) is 0 Å². The molecule has 0 radical (unpaired) electrons. The molecule has 1 saturated carbocycles. The van der Waals surface area contributed by atoms with Crippen molar-refractivity contribution in [1.82, 2.24) is 0 Å². The van der Waals surface area contributed by atoms with E-state index in [9.17, 15) is 5.11 Å². The van der Waals surface area contributed by atoms with E-state index in [-0.39, 0.29) is 6.10 Å². The summed E-state index contributed by atoms with van der Waals surface area (Å²) in [6.45, 7) is 9.21. The number of hydrogen-bond acceptors (Lipinski definition) is 2. The van der Waals surface area contributed by atoms with Gasteiger partial charge < -0.3 is 9.84 Å². The van der Waals surface area contributed by atoms with Gasteiger partial charge in [-0.2, -0.15) is 0 Å². The standard InChI is InChI=1S/C13H26O2/c1-10(14)9-15-12-7-5-6-11(8-12)13(2,3)4/h10-12,14H,5-9H2,1-4H3/t10?,11-,12+/m0/s1. The van der Waals surface area contributed by atoms with E-state index >= 15 is 0 Å². The predicted molar refractivity (Wildman–Crippen MR) is 62.8 cm³/mol. The summed E-state index contributed by atoms with van der Waals surface area (Å²) in [7, 11) is 0. The van der Waals surface area contributed by atoms with Gasteiger partial charge in [-0.25, -0.2) is 0 Å². The molecule has 0 saturated heterocycles. The fourth-order valence-corrected chi connectivity index (χ4v) is 2.36. The Morgan fingerprint density at radius 3 is 2.53 bits per heavy atom. The summed E-state index contributed by atoms with van der Waals surface area (Å²) in [6.07, 6.45) is 4.97. The second kappa shape index (κ2) is 5.31. The average Bonchev–Trinajstić information content (AvgIpc) is 2.14. The first-order chi connectivity index (χ1) is 6.89. The highest BCUT2D eigenvalue weighted by Gasteiger charge is 2.30. The topological polar surface area (TPSA) is 29.5 Å². The first kappa shape index (κ1) is 13.0. The van der Waals surface area contributed by atoms with E-state index < -0.39 is 0 Å². The summed E-state index contributed by atoms with van der Waals surface area (Å²) in [6, 6.07) is 0. The summed E-state index contributed by atoms with van der Waals surface area (Å²) in [5, 5.41) is 9.18. The van der Waals surface area contributed by atoms with Gasteiger partial charge >= 0.3 is 0 Å². The summed E-state index contributed by atoms with van der Waals surface area (Å²) in [5.74, 6) is 0.769. The number of aliphatic hydroxyl groups excluding tert-OH is 1. The zero-order valence-corrected chi connectivity index (χ0v) is 10.6. The molecule has 1 fully saturated rings. The lowest BCUT2D eigenvalue weighted by Crippen LogP contribution is -2.32. The zero-order valence-electron chi connectivity index (χ0n) is 10.6. The molecule has 2 nitrogen and oxygen atoms in total. The monoisotopic (exact) mass is 214 g/mol. The molecule has 1 N–H and O–H groups in total. The van der Waals surface area contributed by atoms with Crippen molar-refractivity contribution < 1.29 is 9.84 Å². The Bertz CT molecular complexity index is 181. The highest BCUT2D eigenvalue weighted by Crippen LogP contribution is 2.38. The molecule has 0 aromatic rings. The van der Waals surface area contributed by atoms with E-state index in [1.165, 1.54) is 19.3 Å². The van der Waals surface area contributed by atoms with Crippen LogP contribution in [0.5, 0.6) is 0 Å². The molecule has 1 aliphatic rings. The second-order valence-electron chi connectivity index (χ2n) is 6.03. The zero-order chi connectivity index (χ0) is 11.5. The Balaban J connectivity index is 2.36. The Hall–Kier alpha value is -0.0800. The SMILES string of the molecule is CC(O)CO[C@@H]1CCC[C@H](C(C)(C)C)C1. The van der Waals surface area contributed by atoms with Crippen LogP contribution in [0.2, 0.25) is 0 Å². The Morgan fingerprint density at radius 1 is 1.33 bits per heavy atom. The highest BCUT2D eigenvalue weighted by molar-refractivity contribution is 4.81. The van der Waals surface area contributed by atoms with E-state index in [1.807, 2.05) is 0 Å². The molecule has 0 spiro atoms. The van der Waals surface area contributed by atoms with Gasteiger partial charge in [0.2, 0.25) is 0 Å². The van der Waals surface area contributed by atoms with Gasteiger partial charge in [0, 0.05) is 0 Å². The third kappa shape index (κ3) is 4.52. The lowest BCUT2D eigenvalue weighted by molar-refractivity contribution is -0.0393. The largest absolute Gasteiger partial charge is 0.391 e. The molecular formula is C13H26O2. The van der Waals surface area contributed by atoms with Gasteiger partial charge in [-0.15, -0.1) is 0 Å². The molecule has 0 aromatic carbocycles. The van der Waals surface area contributed by atoms with Crippen LogP contribution < -0.4 is 0 Å². The molecule has 15 heavy (non-hydrogen) atoms. The van der Waals surface area contributed by atoms with Crippen LogP contribution >= 0.6 is 0 Å². The van der Waals surface area contributed by atoms with E-state index in [0.717, 1.165) is 12.3 Å². The van der Waals surface area contributed by atoms with Gasteiger partial charge in [0.05, 0.1) is 18.8 Å². The third-order valence-electron chi connectivity index (χ3n) is 3.42. The number of aliphatic hydroxyl groups is 1. The Morgan fingerprint density at radius 2 is 2.00 bits per heavy atom. The van der Waals surface area contributed by atoms with Crippen LogP contribution in [0.4, 0.5) is 0 Å². The molecular weight excluding hydrogens is 188 g/mol. The normalized spacial score (nSPS) is 30.2. The molecule has 0 aliphatic heterocycles. The maximum atomic E-state index is 9.18. The predicted octanol–water partition coefficient (Wildman–Crippen LogP) is 2.99. The average molecular weight is 214 g/mol. The summed E-state index contributed by atoms with van der Waals surface area (Å²) < 4.78 is 5.72. The van der Waals surface area contributed by atoms with Crippen molar-refractivity contribution in [2.24, 2.45) is 11.3 Å². The third-order valence-corrected chi connectivity index (χ3v) is 3.42. The molecule has 0 aromatic heterocycles. The fraction of sp³-hybridized carbons (Fsp3) is 1.00. The summed E-state index contributed by atoms with van der Waals surface area (Å²) in [5.41, 5.74) is 0.396. The van der Waals surface area contributed by atoms with Gasteiger partial charge in [-0.1, -0.05) is 27.2 Å². The molecule has 1 aliphatic carbocycles. The van der Waals surface area contributed by atoms with Gasteiger partial charge in [0.25, 0.3) is 0 Å². The Labute approximate surface area is 94.0 Å². The van der Waals surface area contributed by atoms with Crippen molar-refractivity contribution >= 4 is 0 Å². The summed E-state index contributed by atoms with van der Waals surface area (Å²) >= 11 is 0. The number of ether oxygens (including phenoxy) is 1. The number of rotatable bonds is 3. The molecule has 3 atom stereocenters. The van der Waals surface area contributed by atoms with E-state index in [4.69, 9.17) is 4.74 Å². The second-order valence-corrected chi connectivity index (χ2v) is 6.03. The lowest BCUT2D eigenvalue weighted by Gasteiger charge is -2.37. The Kier molecular flexibility index (Phi) is 4.60. The maximum absolute atomic E-state index is 9.18. The van der Waals surface area contributed by atoms with Gasteiger partial charge in [0.15, 0.2) is 0 Å². The molecule has 0 heterocycles. The first-order valence-electron chi connectivity index (χ1n) is 6.19. The fourth-order valence-electron chi connectivity index (χ4n) is 2.36. The molecule has 1 unspecified atom stereocenters. The molecule has 0 bridgehead atoms. The molecule has 0 amide bonds. The molecule has 90 valence electrons.